The van der Waals surface area contributed by atoms with E-state index in [1.165, 1.54) is 0 Å². The van der Waals surface area contributed by atoms with Crippen LogP contribution >= 0.6 is 0 Å². The predicted molar refractivity (Wildman–Crippen MR) is 99.3 cm³/mol. The van der Waals surface area contributed by atoms with Crippen LogP contribution in [0.2, 0.25) is 0 Å². The quantitative estimate of drug-likeness (QED) is 0.789. The predicted octanol–water partition coefficient (Wildman–Crippen LogP) is 0.595. The second kappa shape index (κ2) is 7.13. The van der Waals surface area contributed by atoms with E-state index >= 15 is 0 Å². The van der Waals surface area contributed by atoms with Crippen molar-refractivity contribution in [2.24, 2.45) is 0 Å². The largest absolute Gasteiger partial charge is 0.378 e. The molecule has 0 bridgehead atoms. The highest BCUT2D eigenvalue weighted by Gasteiger charge is 2.35. The Kier molecular flexibility index (Phi) is 4.69. The molecule has 2 aliphatic heterocycles. The highest BCUT2D eigenvalue weighted by Crippen LogP contribution is 2.25. The zero-order chi connectivity index (χ0) is 18.1. The average Bonchev–Trinajstić information content (AvgIpc) is 3.12. The van der Waals surface area contributed by atoms with E-state index in [0.29, 0.717) is 6.04 Å². The van der Waals surface area contributed by atoms with Crippen molar-refractivity contribution in [1.82, 2.24) is 24.8 Å². The number of rotatable bonds is 4. The monoisotopic (exact) mass is 355 g/mol. The average molecular weight is 355 g/mol. The van der Waals surface area contributed by atoms with Crippen molar-refractivity contribution in [3.05, 3.63) is 36.0 Å². The van der Waals surface area contributed by atoms with Gasteiger partial charge in [0, 0.05) is 57.7 Å². The molecule has 1 saturated heterocycles. The molecule has 0 amide bonds. The third kappa shape index (κ3) is 3.22. The second-order valence-corrected chi connectivity index (χ2v) is 7.09. The highest BCUT2D eigenvalue weighted by molar-refractivity contribution is 5.46. The number of aromatic nitrogens is 4. The van der Waals surface area contributed by atoms with Crippen LogP contribution in [0.3, 0.4) is 0 Å². The Labute approximate surface area is 153 Å². The molecule has 0 saturated carbocycles. The van der Waals surface area contributed by atoms with Crippen LogP contribution in [0.4, 0.5) is 11.8 Å². The fraction of sp³-hybridized carbons (Fsp3) is 0.556. The van der Waals surface area contributed by atoms with Crippen LogP contribution in [0.1, 0.15) is 11.3 Å². The number of nitrogens with zero attached hydrogens (tertiary/aromatic N) is 7. The van der Waals surface area contributed by atoms with Crippen LogP contribution in [-0.4, -0.2) is 77.8 Å². The molecule has 2 aliphatic rings. The van der Waals surface area contributed by atoms with E-state index in [2.05, 4.69) is 43.7 Å². The number of hydrogen-bond donors (Lipinski definition) is 0. The van der Waals surface area contributed by atoms with Gasteiger partial charge in [0.15, 0.2) is 0 Å². The van der Waals surface area contributed by atoms with Crippen molar-refractivity contribution in [2.75, 3.05) is 50.6 Å². The zero-order valence-corrected chi connectivity index (χ0v) is 15.5. The molecule has 0 aliphatic carbocycles. The molecule has 8 nitrogen and oxygen atoms in total. The van der Waals surface area contributed by atoms with Gasteiger partial charge in [-0.05, 0) is 20.2 Å². The molecular formula is C18H25N7O. The standard InChI is InChI=1S/C18H25N7O/c1-23(2)15-10-25(11-16(15)26-3)17-4-6-20-18(22-17)24-7-5-14-13(9-24)8-19-12-21-14/h4,6,8,12,15-16H,5,7,9-11H2,1-3H3/t15-,16+/m0/s1. The van der Waals surface area contributed by atoms with Gasteiger partial charge in [0.25, 0.3) is 0 Å². The van der Waals surface area contributed by atoms with Crippen molar-refractivity contribution < 1.29 is 4.74 Å². The summed E-state index contributed by atoms with van der Waals surface area (Å²) in [4.78, 5) is 24.6. The molecule has 0 radical (unpaired) electrons. The number of ether oxygens (including phenoxy) is 1. The summed E-state index contributed by atoms with van der Waals surface area (Å²) in [7, 11) is 5.97. The van der Waals surface area contributed by atoms with Gasteiger partial charge in [-0.25, -0.2) is 15.0 Å². The first-order chi connectivity index (χ1) is 12.7. The minimum absolute atomic E-state index is 0.183. The van der Waals surface area contributed by atoms with Gasteiger partial charge in [-0.1, -0.05) is 0 Å². The minimum Gasteiger partial charge on any atom is -0.378 e. The van der Waals surface area contributed by atoms with Crippen molar-refractivity contribution in [2.45, 2.75) is 25.1 Å². The van der Waals surface area contributed by atoms with Gasteiger partial charge in [0.1, 0.15) is 12.1 Å². The molecule has 1 fully saturated rings. The molecule has 0 N–H and O–H groups in total. The summed E-state index contributed by atoms with van der Waals surface area (Å²) < 4.78 is 5.67. The first kappa shape index (κ1) is 17.1. The lowest BCUT2D eigenvalue weighted by molar-refractivity contribution is 0.0639. The molecule has 138 valence electrons. The molecule has 2 aromatic rings. The summed E-state index contributed by atoms with van der Waals surface area (Å²) in [6, 6.07) is 2.34. The molecule has 4 rings (SSSR count). The van der Waals surface area contributed by atoms with Crippen molar-refractivity contribution in [3.8, 4) is 0 Å². The number of anilines is 2. The Morgan fingerprint density at radius 2 is 2.08 bits per heavy atom. The van der Waals surface area contributed by atoms with E-state index in [9.17, 15) is 0 Å². The van der Waals surface area contributed by atoms with Gasteiger partial charge in [-0.15, -0.1) is 0 Å². The van der Waals surface area contributed by atoms with Crippen molar-refractivity contribution in [3.63, 3.8) is 0 Å². The SMILES string of the molecule is CO[C@@H]1CN(c2ccnc(N3CCc4ncncc4C3)n2)C[C@@H]1N(C)C. The normalized spacial score (nSPS) is 22.8. The van der Waals surface area contributed by atoms with Crippen LogP contribution in [0, 0.1) is 0 Å². The lowest BCUT2D eigenvalue weighted by atomic mass is 10.1. The van der Waals surface area contributed by atoms with Crippen LogP contribution in [0.25, 0.3) is 0 Å². The fourth-order valence-electron chi connectivity index (χ4n) is 3.78. The molecule has 0 spiro atoms. The smallest absolute Gasteiger partial charge is 0.227 e. The summed E-state index contributed by atoms with van der Waals surface area (Å²) in [6.45, 7) is 3.36. The number of fused-ring (bicyclic) bond motifs is 1. The lowest BCUT2D eigenvalue weighted by Crippen LogP contribution is -2.39. The van der Waals surface area contributed by atoms with Crippen molar-refractivity contribution in [1.29, 1.82) is 0 Å². The summed E-state index contributed by atoms with van der Waals surface area (Å²) in [5.41, 5.74) is 2.28. The molecule has 2 atom stereocenters. The molecular weight excluding hydrogens is 330 g/mol. The molecule has 0 aromatic carbocycles. The summed E-state index contributed by atoms with van der Waals surface area (Å²) >= 11 is 0. The molecule has 0 unspecified atom stereocenters. The zero-order valence-electron chi connectivity index (χ0n) is 15.5. The Morgan fingerprint density at radius 3 is 2.85 bits per heavy atom. The maximum Gasteiger partial charge on any atom is 0.227 e. The maximum absolute atomic E-state index is 5.67. The number of hydrogen-bond acceptors (Lipinski definition) is 8. The number of likely N-dealkylation sites (N-methyl/N-ethyl adjacent to an activating group) is 1. The van der Waals surface area contributed by atoms with E-state index in [0.717, 1.165) is 55.6 Å². The lowest BCUT2D eigenvalue weighted by Gasteiger charge is -2.28. The topological polar surface area (TPSA) is 70.5 Å². The van der Waals surface area contributed by atoms with E-state index in [-0.39, 0.29) is 6.10 Å². The van der Waals surface area contributed by atoms with E-state index in [1.54, 1.807) is 13.4 Å². The Balaban J connectivity index is 1.53. The first-order valence-corrected chi connectivity index (χ1v) is 8.95. The highest BCUT2D eigenvalue weighted by atomic mass is 16.5. The van der Waals surface area contributed by atoms with Crippen LogP contribution in [-0.2, 0) is 17.7 Å². The Hall–Kier alpha value is -2.32. The van der Waals surface area contributed by atoms with E-state index < -0.39 is 0 Å². The molecule has 4 heterocycles. The number of methoxy groups -OCH3 is 1. The van der Waals surface area contributed by atoms with Crippen molar-refractivity contribution >= 4 is 11.8 Å². The first-order valence-electron chi connectivity index (χ1n) is 8.95. The van der Waals surface area contributed by atoms with Crippen LogP contribution in [0.5, 0.6) is 0 Å². The van der Waals surface area contributed by atoms with E-state index in [1.807, 2.05) is 18.5 Å². The van der Waals surface area contributed by atoms with Crippen LogP contribution in [0.15, 0.2) is 24.8 Å². The Bertz CT molecular complexity index is 769. The summed E-state index contributed by atoms with van der Waals surface area (Å²) in [5.74, 6) is 1.72. The van der Waals surface area contributed by atoms with Gasteiger partial charge in [-0.3, -0.25) is 0 Å². The summed E-state index contributed by atoms with van der Waals surface area (Å²) in [6.07, 6.45) is 6.43. The van der Waals surface area contributed by atoms with E-state index in [4.69, 9.17) is 9.72 Å². The maximum atomic E-state index is 5.67. The second-order valence-electron chi connectivity index (χ2n) is 7.09. The fourth-order valence-corrected chi connectivity index (χ4v) is 3.78. The third-order valence-electron chi connectivity index (χ3n) is 5.30. The molecule has 2 aromatic heterocycles. The van der Waals surface area contributed by atoms with Gasteiger partial charge in [0.2, 0.25) is 5.95 Å². The van der Waals surface area contributed by atoms with Crippen LogP contribution < -0.4 is 9.80 Å². The van der Waals surface area contributed by atoms with Gasteiger partial charge < -0.3 is 19.4 Å². The van der Waals surface area contributed by atoms with Gasteiger partial charge in [-0.2, -0.15) is 4.98 Å². The molecule has 8 heteroatoms. The minimum atomic E-state index is 0.183. The Morgan fingerprint density at radius 1 is 1.19 bits per heavy atom. The summed E-state index contributed by atoms with van der Waals surface area (Å²) in [5, 5.41) is 0. The van der Waals surface area contributed by atoms with Gasteiger partial charge >= 0.3 is 0 Å². The molecule has 26 heavy (non-hydrogen) atoms. The van der Waals surface area contributed by atoms with Gasteiger partial charge in [0.05, 0.1) is 17.8 Å². The third-order valence-corrected chi connectivity index (χ3v) is 5.30.